The fourth-order valence-corrected chi connectivity index (χ4v) is 3.68. The molecule has 2 amide bonds. The molecule has 0 radical (unpaired) electrons. The Morgan fingerprint density at radius 3 is 2.83 bits per heavy atom. The van der Waals surface area contributed by atoms with Gasteiger partial charge in [-0.05, 0) is 39.2 Å². The highest BCUT2D eigenvalue weighted by molar-refractivity contribution is 5.97. The van der Waals surface area contributed by atoms with E-state index in [9.17, 15) is 9.59 Å². The van der Waals surface area contributed by atoms with Crippen molar-refractivity contribution in [1.82, 2.24) is 10.6 Å². The average Bonchev–Trinajstić information content (AvgIpc) is 2.98. The summed E-state index contributed by atoms with van der Waals surface area (Å²) in [6.07, 6.45) is 7.34. The van der Waals surface area contributed by atoms with E-state index >= 15 is 0 Å². The van der Waals surface area contributed by atoms with Crippen molar-refractivity contribution in [2.75, 3.05) is 6.61 Å². The lowest BCUT2D eigenvalue weighted by Crippen LogP contribution is -2.68. The van der Waals surface area contributed by atoms with Crippen LogP contribution in [0.25, 0.3) is 0 Å². The number of ether oxygens (including phenoxy) is 1. The smallest absolute Gasteiger partial charge is 0.255 e. The quantitative estimate of drug-likeness (QED) is 0.838. The Bertz CT molecular complexity index is 565. The fourth-order valence-electron chi connectivity index (χ4n) is 3.68. The first-order chi connectivity index (χ1) is 11.1. The predicted molar refractivity (Wildman–Crippen MR) is 83.9 cm³/mol. The number of amides is 2. The lowest BCUT2D eigenvalue weighted by atomic mass is 9.51. The van der Waals surface area contributed by atoms with E-state index in [0.29, 0.717) is 12.2 Å². The number of furan rings is 1. The van der Waals surface area contributed by atoms with Crippen molar-refractivity contribution in [3.63, 3.8) is 0 Å². The molecule has 6 heteroatoms. The van der Waals surface area contributed by atoms with Crippen LogP contribution < -0.4 is 10.6 Å². The summed E-state index contributed by atoms with van der Waals surface area (Å²) in [7, 11) is 0. The molecule has 0 aliphatic heterocycles. The van der Waals surface area contributed by atoms with Crippen LogP contribution in [0.15, 0.2) is 23.0 Å². The standard InChI is InChI=1S/C17H24N2O4/c1-3-23-14-9-13(17(14)6-4-7-17)19-15(20)11(2)18-16(21)12-5-8-22-10-12/h5,8,10-11,13-14H,3-4,6-7,9H2,1-2H3,(H,18,21)(H,19,20)/t11-,13+,14-/m1/s1. The average molecular weight is 320 g/mol. The van der Waals surface area contributed by atoms with Crippen molar-refractivity contribution < 1.29 is 18.7 Å². The zero-order valence-electron chi connectivity index (χ0n) is 13.6. The van der Waals surface area contributed by atoms with E-state index in [4.69, 9.17) is 9.15 Å². The molecule has 0 aromatic carbocycles. The predicted octanol–water partition coefficient (Wildman–Crippen LogP) is 1.86. The number of hydrogen-bond acceptors (Lipinski definition) is 4. The van der Waals surface area contributed by atoms with Crippen LogP contribution in [-0.2, 0) is 9.53 Å². The van der Waals surface area contributed by atoms with Gasteiger partial charge in [-0.1, -0.05) is 6.42 Å². The van der Waals surface area contributed by atoms with Crippen molar-refractivity contribution in [3.8, 4) is 0 Å². The highest BCUT2D eigenvalue weighted by Gasteiger charge is 2.59. The molecule has 2 aliphatic rings. The van der Waals surface area contributed by atoms with Gasteiger partial charge in [-0.25, -0.2) is 0 Å². The van der Waals surface area contributed by atoms with E-state index in [1.54, 1.807) is 13.0 Å². The van der Waals surface area contributed by atoms with Gasteiger partial charge in [0.2, 0.25) is 5.91 Å². The van der Waals surface area contributed by atoms with Crippen LogP contribution in [0.5, 0.6) is 0 Å². The summed E-state index contributed by atoms with van der Waals surface area (Å²) in [5, 5.41) is 5.78. The van der Waals surface area contributed by atoms with Gasteiger partial charge < -0.3 is 19.8 Å². The molecule has 3 rings (SSSR count). The summed E-state index contributed by atoms with van der Waals surface area (Å²) in [6.45, 7) is 4.41. The molecule has 2 saturated carbocycles. The van der Waals surface area contributed by atoms with E-state index in [1.165, 1.54) is 18.9 Å². The second kappa shape index (κ2) is 6.35. The monoisotopic (exact) mass is 320 g/mol. The molecule has 3 atom stereocenters. The van der Waals surface area contributed by atoms with E-state index in [2.05, 4.69) is 10.6 Å². The molecule has 0 unspecified atom stereocenters. The summed E-state index contributed by atoms with van der Waals surface area (Å²) in [5.41, 5.74) is 0.542. The number of nitrogens with one attached hydrogen (secondary N) is 2. The minimum Gasteiger partial charge on any atom is -0.472 e. The third-order valence-electron chi connectivity index (χ3n) is 5.28. The van der Waals surface area contributed by atoms with Crippen LogP contribution in [-0.4, -0.2) is 36.6 Å². The molecule has 126 valence electrons. The van der Waals surface area contributed by atoms with E-state index < -0.39 is 6.04 Å². The molecule has 0 saturated heterocycles. The van der Waals surface area contributed by atoms with Crippen LogP contribution in [0, 0.1) is 5.41 Å². The Balaban J connectivity index is 1.52. The van der Waals surface area contributed by atoms with Crippen LogP contribution >= 0.6 is 0 Å². The van der Waals surface area contributed by atoms with Crippen molar-refractivity contribution in [2.24, 2.45) is 5.41 Å². The third-order valence-corrected chi connectivity index (χ3v) is 5.28. The molecule has 2 N–H and O–H groups in total. The largest absolute Gasteiger partial charge is 0.472 e. The first-order valence-corrected chi connectivity index (χ1v) is 8.32. The molecule has 0 bridgehead atoms. The lowest BCUT2D eigenvalue weighted by Gasteiger charge is -2.61. The van der Waals surface area contributed by atoms with Crippen molar-refractivity contribution >= 4 is 11.8 Å². The third kappa shape index (κ3) is 2.87. The molecule has 2 fully saturated rings. The highest BCUT2D eigenvalue weighted by atomic mass is 16.5. The topological polar surface area (TPSA) is 80.6 Å². The molecule has 1 aromatic heterocycles. The van der Waals surface area contributed by atoms with Crippen LogP contribution in [0.4, 0.5) is 0 Å². The Hall–Kier alpha value is -1.82. The normalized spacial score (nSPS) is 26.0. The van der Waals surface area contributed by atoms with Gasteiger partial charge in [0, 0.05) is 18.1 Å². The summed E-state index contributed by atoms with van der Waals surface area (Å²) in [5.74, 6) is -0.450. The summed E-state index contributed by atoms with van der Waals surface area (Å²) in [4.78, 5) is 24.3. The second-order valence-electron chi connectivity index (χ2n) is 6.53. The van der Waals surface area contributed by atoms with Gasteiger partial charge in [0.05, 0.1) is 17.9 Å². The molecule has 2 aliphatic carbocycles. The number of carbonyl (C=O) groups is 2. The van der Waals surface area contributed by atoms with Crippen molar-refractivity contribution in [2.45, 2.75) is 57.7 Å². The molecular weight excluding hydrogens is 296 g/mol. The Morgan fingerprint density at radius 2 is 2.26 bits per heavy atom. The Labute approximate surface area is 135 Å². The number of carbonyl (C=O) groups excluding carboxylic acids is 2. The molecule has 1 heterocycles. The minimum absolute atomic E-state index is 0.125. The lowest BCUT2D eigenvalue weighted by molar-refractivity contribution is -0.176. The first kappa shape index (κ1) is 16.1. The van der Waals surface area contributed by atoms with Crippen LogP contribution in [0.1, 0.15) is 49.9 Å². The van der Waals surface area contributed by atoms with Crippen molar-refractivity contribution in [1.29, 1.82) is 0 Å². The van der Waals surface area contributed by atoms with Crippen LogP contribution in [0.2, 0.25) is 0 Å². The number of rotatable bonds is 6. The molecular formula is C17H24N2O4. The summed E-state index contributed by atoms with van der Waals surface area (Å²) < 4.78 is 10.7. The van der Waals surface area contributed by atoms with Gasteiger partial charge in [-0.3, -0.25) is 9.59 Å². The fraction of sp³-hybridized carbons (Fsp3) is 0.647. The maximum absolute atomic E-state index is 12.4. The molecule has 1 aromatic rings. The maximum atomic E-state index is 12.4. The summed E-state index contributed by atoms with van der Waals surface area (Å²) in [6, 6.07) is 1.15. The zero-order valence-corrected chi connectivity index (χ0v) is 13.6. The van der Waals surface area contributed by atoms with E-state index in [1.807, 2.05) is 6.92 Å². The molecule has 23 heavy (non-hydrogen) atoms. The summed E-state index contributed by atoms with van der Waals surface area (Å²) >= 11 is 0. The minimum atomic E-state index is -0.583. The van der Waals surface area contributed by atoms with Crippen LogP contribution in [0.3, 0.4) is 0 Å². The Morgan fingerprint density at radius 1 is 1.48 bits per heavy atom. The van der Waals surface area contributed by atoms with Gasteiger partial charge in [0.25, 0.3) is 5.91 Å². The molecule has 6 nitrogen and oxygen atoms in total. The van der Waals surface area contributed by atoms with Gasteiger partial charge >= 0.3 is 0 Å². The Kier molecular flexibility index (Phi) is 4.43. The molecule has 1 spiro atoms. The highest BCUT2D eigenvalue weighted by Crippen LogP contribution is 2.57. The van der Waals surface area contributed by atoms with Gasteiger partial charge in [0.1, 0.15) is 12.3 Å². The first-order valence-electron chi connectivity index (χ1n) is 8.32. The number of hydrogen-bond donors (Lipinski definition) is 2. The maximum Gasteiger partial charge on any atom is 0.255 e. The van der Waals surface area contributed by atoms with Crippen molar-refractivity contribution in [3.05, 3.63) is 24.2 Å². The SMILES string of the molecule is CCO[C@@H]1C[C@H](NC(=O)[C@@H](C)NC(=O)c2ccoc2)C12CCC2. The van der Waals surface area contributed by atoms with Gasteiger partial charge in [-0.15, -0.1) is 0 Å². The zero-order chi connectivity index (χ0) is 16.4. The van der Waals surface area contributed by atoms with E-state index in [0.717, 1.165) is 19.3 Å². The second-order valence-corrected chi connectivity index (χ2v) is 6.53. The van der Waals surface area contributed by atoms with E-state index in [-0.39, 0.29) is 29.4 Å². The van der Waals surface area contributed by atoms with Gasteiger partial charge in [0.15, 0.2) is 0 Å². The van der Waals surface area contributed by atoms with Gasteiger partial charge in [-0.2, -0.15) is 0 Å².